The van der Waals surface area contributed by atoms with Crippen molar-refractivity contribution >= 4 is 16.9 Å². The molecule has 0 aliphatic carbocycles. The van der Waals surface area contributed by atoms with Crippen molar-refractivity contribution < 1.29 is 9.21 Å². The van der Waals surface area contributed by atoms with E-state index >= 15 is 0 Å². The average Bonchev–Trinajstić information content (AvgIpc) is 3.45. The van der Waals surface area contributed by atoms with E-state index in [-0.39, 0.29) is 12.5 Å². The van der Waals surface area contributed by atoms with Crippen LogP contribution in [0.25, 0.3) is 22.4 Å². The molecule has 164 valence electrons. The fraction of sp³-hybridized carbons (Fsp3) is 0.320. The van der Waals surface area contributed by atoms with Gasteiger partial charge in [-0.3, -0.25) is 9.69 Å². The van der Waals surface area contributed by atoms with E-state index in [1.807, 2.05) is 30.0 Å². The molecule has 1 fully saturated rings. The molecule has 0 unspecified atom stereocenters. The molecule has 1 aliphatic rings. The van der Waals surface area contributed by atoms with Gasteiger partial charge >= 0.3 is 0 Å². The van der Waals surface area contributed by atoms with Crippen LogP contribution in [0.3, 0.4) is 0 Å². The first kappa shape index (κ1) is 20.5. The lowest BCUT2D eigenvalue weighted by atomic mass is 10.1. The molecule has 0 spiro atoms. The van der Waals surface area contributed by atoms with Crippen molar-refractivity contribution in [2.75, 3.05) is 26.2 Å². The van der Waals surface area contributed by atoms with Gasteiger partial charge in [-0.15, -0.1) is 0 Å². The zero-order chi connectivity index (χ0) is 22.1. The Labute approximate surface area is 187 Å². The lowest BCUT2D eigenvalue weighted by Gasteiger charge is -2.35. The van der Waals surface area contributed by atoms with E-state index in [2.05, 4.69) is 46.2 Å². The van der Waals surface area contributed by atoms with E-state index in [0.29, 0.717) is 5.65 Å². The number of pyridine rings is 1. The molecule has 0 saturated carbocycles. The molecule has 3 aromatic heterocycles. The Morgan fingerprint density at radius 1 is 1.03 bits per heavy atom. The molecule has 32 heavy (non-hydrogen) atoms. The van der Waals surface area contributed by atoms with Crippen LogP contribution in [-0.2, 0) is 17.9 Å². The summed E-state index contributed by atoms with van der Waals surface area (Å²) in [5.41, 5.74) is 5.16. The van der Waals surface area contributed by atoms with Crippen LogP contribution in [0.1, 0.15) is 16.8 Å². The molecule has 7 nitrogen and oxygen atoms in total. The highest BCUT2D eigenvalue weighted by Crippen LogP contribution is 2.30. The van der Waals surface area contributed by atoms with E-state index < -0.39 is 0 Å². The second-order valence-corrected chi connectivity index (χ2v) is 8.36. The Kier molecular flexibility index (Phi) is 5.49. The van der Waals surface area contributed by atoms with Crippen molar-refractivity contribution in [1.29, 1.82) is 0 Å². The maximum atomic E-state index is 13.1. The summed E-state index contributed by atoms with van der Waals surface area (Å²) in [6.07, 6.45) is 3.40. The van der Waals surface area contributed by atoms with Crippen LogP contribution < -0.4 is 0 Å². The zero-order valence-electron chi connectivity index (χ0n) is 18.5. The van der Waals surface area contributed by atoms with Crippen LogP contribution >= 0.6 is 0 Å². The summed E-state index contributed by atoms with van der Waals surface area (Å²) < 4.78 is 7.30. The maximum Gasteiger partial charge on any atom is 0.244 e. The van der Waals surface area contributed by atoms with Gasteiger partial charge in [0.15, 0.2) is 5.65 Å². The minimum atomic E-state index is 0.0788. The summed E-state index contributed by atoms with van der Waals surface area (Å²) in [6, 6.07) is 14.2. The van der Waals surface area contributed by atoms with Gasteiger partial charge in [0, 0.05) is 44.5 Å². The number of nitrogens with zero attached hydrogens (tertiary/aromatic N) is 5. The number of rotatable bonds is 5. The van der Waals surface area contributed by atoms with Gasteiger partial charge in [-0.05, 0) is 43.2 Å². The Hall–Kier alpha value is -3.45. The SMILES string of the molecule is Cc1ccccc1CN1CCN(C(=O)Cn2nc(C)c3c(-c4ccco4)ccnc32)CC1. The number of aromatic nitrogens is 3. The molecular formula is C25H27N5O2. The van der Waals surface area contributed by atoms with Gasteiger partial charge in [-0.1, -0.05) is 24.3 Å². The molecule has 4 aromatic rings. The first-order valence-corrected chi connectivity index (χ1v) is 11.0. The van der Waals surface area contributed by atoms with E-state index in [1.165, 1.54) is 11.1 Å². The number of amides is 1. The summed E-state index contributed by atoms with van der Waals surface area (Å²) in [7, 11) is 0. The number of carbonyl (C=O) groups excluding carboxylic acids is 1. The van der Waals surface area contributed by atoms with Gasteiger partial charge in [0.2, 0.25) is 5.91 Å². The van der Waals surface area contributed by atoms with Crippen molar-refractivity contribution in [2.24, 2.45) is 0 Å². The lowest BCUT2D eigenvalue weighted by Crippen LogP contribution is -2.49. The van der Waals surface area contributed by atoms with Crippen molar-refractivity contribution in [2.45, 2.75) is 26.9 Å². The Balaban J connectivity index is 1.27. The summed E-state index contributed by atoms with van der Waals surface area (Å²) in [4.78, 5) is 21.9. The quantitative estimate of drug-likeness (QED) is 0.484. The molecule has 0 bridgehead atoms. The molecule has 0 radical (unpaired) electrons. The monoisotopic (exact) mass is 429 g/mol. The van der Waals surface area contributed by atoms with Gasteiger partial charge in [-0.2, -0.15) is 5.10 Å². The van der Waals surface area contributed by atoms with Gasteiger partial charge < -0.3 is 9.32 Å². The summed E-state index contributed by atoms with van der Waals surface area (Å²) in [5.74, 6) is 0.853. The van der Waals surface area contributed by atoms with Crippen LogP contribution in [-0.4, -0.2) is 56.7 Å². The number of fused-ring (bicyclic) bond motifs is 1. The highest BCUT2D eigenvalue weighted by Gasteiger charge is 2.23. The second kappa shape index (κ2) is 8.59. The van der Waals surface area contributed by atoms with E-state index in [4.69, 9.17) is 4.42 Å². The van der Waals surface area contributed by atoms with Crippen molar-refractivity contribution in [3.05, 3.63) is 71.7 Å². The number of furan rings is 1. The summed E-state index contributed by atoms with van der Waals surface area (Å²) >= 11 is 0. The molecule has 4 heterocycles. The molecule has 7 heteroatoms. The summed E-state index contributed by atoms with van der Waals surface area (Å²) in [5, 5.41) is 5.56. The first-order chi connectivity index (χ1) is 15.6. The molecule has 0 N–H and O–H groups in total. The highest BCUT2D eigenvalue weighted by atomic mass is 16.3. The van der Waals surface area contributed by atoms with Crippen LogP contribution in [0, 0.1) is 13.8 Å². The van der Waals surface area contributed by atoms with Crippen LogP contribution in [0.4, 0.5) is 0 Å². The van der Waals surface area contributed by atoms with Gasteiger partial charge in [0.05, 0.1) is 17.3 Å². The first-order valence-electron chi connectivity index (χ1n) is 11.0. The fourth-order valence-electron chi connectivity index (χ4n) is 4.44. The van der Waals surface area contributed by atoms with Crippen LogP contribution in [0.2, 0.25) is 0 Å². The van der Waals surface area contributed by atoms with Gasteiger partial charge in [0.1, 0.15) is 12.3 Å². The molecule has 1 amide bonds. The van der Waals surface area contributed by atoms with Crippen molar-refractivity contribution in [1.82, 2.24) is 24.6 Å². The normalized spacial score (nSPS) is 14.9. The number of piperazine rings is 1. The number of hydrogen-bond donors (Lipinski definition) is 0. The van der Waals surface area contributed by atoms with E-state index in [0.717, 1.165) is 55.1 Å². The molecule has 1 aliphatic heterocycles. The number of aryl methyl sites for hydroxylation is 2. The third-order valence-corrected chi connectivity index (χ3v) is 6.26. The van der Waals surface area contributed by atoms with Gasteiger partial charge in [-0.25, -0.2) is 9.67 Å². The molecule has 0 atom stereocenters. The minimum Gasteiger partial charge on any atom is -0.464 e. The average molecular weight is 430 g/mol. The number of carbonyl (C=O) groups is 1. The minimum absolute atomic E-state index is 0.0788. The highest BCUT2D eigenvalue weighted by molar-refractivity contribution is 5.93. The molecule has 1 aromatic carbocycles. The predicted molar refractivity (Wildman–Crippen MR) is 123 cm³/mol. The predicted octanol–water partition coefficient (Wildman–Crippen LogP) is 3.65. The Morgan fingerprint density at radius 3 is 2.59 bits per heavy atom. The molecule has 1 saturated heterocycles. The largest absolute Gasteiger partial charge is 0.464 e. The lowest BCUT2D eigenvalue weighted by molar-refractivity contribution is -0.133. The smallest absolute Gasteiger partial charge is 0.244 e. The second-order valence-electron chi connectivity index (χ2n) is 8.36. The zero-order valence-corrected chi connectivity index (χ0v) is 18.5. The fourth-order valence-corrected chi connectivity index (χ4v) is 4.44. The molecular weight excluding hydrogens is 402 g/mol. The third kappa shape index (κ3) is 3.91. The maximum absolute atomic E-state index is 13.1. The Bertz CT molecular complexity index is 1240. The summed E-state index contributed by atoms with van der Waals surface area (Å²) in [6.45, 7) is 8.42. The van der Waals surface area contributed by atoms with Crippen LogP contribution in [0.15, 0.2) is 59.3 Å². The van der Waals surface area contributed by atoms with E-state index in [1.54, 1.807) is 17.1 Å². The van der Waals surface area contributed by atoms with Crippen molar-refractivity contribution in [3.63, 3.8) is 0 Å². The van der Waals surface area contributed by atoms with E-state index in [9.17, 15) is 4.79 Å². The van der Waals surface area contributed by atoms with Crippen LogP contribution in [0.5, 0.6) is 0 Å². The van der Waals surface area contributed by atoms with Crippen molar-refractivity contribution in [3.8, 4) is 11.3 Å². The number of hydrogen-bond acceptors (Lipinski definition) is 5. The number of benzene rings is 1. The standard InChI is InChI=1S/C25H27N5O2/c1-18-6-3-4-7-20(18)16-28-11-13-29(14-12-28)23(31)17-30-25-24(19(2)27-30)21(9-10-26-25)22-8-5-15-32-22/h3-10,15H,11-14,16-17H2,1-2H3. The third-order valence-electron chi connectivity index (χ3n) is 6.26. The topological polar surface area (TPSA) is 67.4 Å². The molecule has 5 rings (SSSR count). The van der Waals surface area contributed by atoms with Gasteiger partial charge in [0.25, 0.3) is 0 Å². The Morgan fingerprint density at radius 2 is 1.84 bits per heavy atom.